The van der Waals surface area contributed by atoms with E-state index >= 15 is 0 Å². The Balaban J connectivity index is 2.39. The Morgan fingerprint density at radius 1 is 0.900 bits per heavy atom. The van der Waals surface area contributed by atoms with Crippen LogP contribution in [0.4, 0.5) is 0 Å². The van der Waals surface area contributed by atoms with E-state index in [1.807, 2.05) is 0 Å². The summed E-state index contributed by atoms with van der Waals surface area (Å²) < 4.78 is 0. The van der Waals surface area contributed by atoms with Crippen LogP contribution in [0.5, 0.6) is 0 Å². The molecule has 60 valence electrons. The van der Waals surface area contributed by atoms with E-state index in [9.17, 15) is 0 Å². The molecule has 0 unspecified atom stereocenters. The van der Waals surface area contributed by atoms with E-state index in [-0.39, 0.29) is 0 Å². The Hall–Kier alpha value is 1.30. The summed E-state index contributed by atoms with van der Waals surface area (Å²) in [7, 11) is 0. The van der Waals surface area contributed by atoms with Gasteiger partial charge < -0.3 is 0 Å². The largest absolute Gasteiger partial charge is 0.310 e. The summed E-state index contributed by atoms with van der Waals surface area (Å²) >= 11 is 17.6. The first kappa shape index (κ1) is 9.39. The van der Waals surface area contributed by atoms with Crippen LogP contribution in [0, 0.1) is 0 Å². The van der Waals surface area contributed by atoms with Gasteiger partial charge in [-0.3, -0.25) is 0 Å². The molecule has 4 heteroatoms. The van der Waals surface area contributed by atoms with Gasteiger partial charge in [-0.2, -0.15) is 0 Å². The molecule has 1 rings (SSSR count). The Kier molecular flexibility index (Phi) is 3.57. The molecule has 0 amide bonds. The zero-order chi connectivity index (χ0) is 7.61. The SMILES string of the molecule is Cl[P+](Cl)(Cl)C1CCCCC1. The highest BCUT2D eigenvalue weighted by atomic mass is 36.1. The van der Waals surface area contributed by atoms with Crippen molar-refractivity contribution in [3.05, 3.63) is 0 Å². The summed E-state index contributed by atoms with van der Waals surface area (Å²) in [6, 6.07) is 0. The normalized spacial score (nSPS) is 23.1. The molecule has 0 nitrogen and oxygen atoms in total. The van der Waals surface area contributed by atoms with Crippen LogP contribution in [0.1, 0.15) is 32.1 Å². The molecule has 0 aromatic carbocycles. The fraction of sp³-hybridized carbons (Fsp3) is 1.00. The van der Waals surface area contributed by atoms with Crippen molar-refractivity contribution in [2.45, 2.75) is 37.8 Å². The summed E-state index contributed by atoms with van der Waals surface area (Å²) in [5.41, 5.74) is 0.409. The van der Waals surface area contributed by atoms with Gasteiger partial charge in [0.2, 0.25) is 0 Å². The van der Waals surface area contributed by atoms with Crippen molar-refractivity contribution in [1.29, 1.82) is 0 Å². The van der Waals surface area contributed by atoms with Gasteiger partial charge >= 0.3 is 5.32 Å². The minimum absolute atomic E-state index is 0.409. The van der Waals surface area contributed by atoms with Gasteiger partial charge in [0.15, 0.2) is 0 Å². The predicted molar refractivity (Wildman–Crippen MR) is 51.4 cm³/mol. The molecule has 1 saturated carbocycles. The van der Waals surface area contributed by atoms with Crippen molar-refractivity contribution in [3.63, 3.8) is 0 Å². The minimum atomic E-state index is -2.07. The molecule has 10 heavy (non-hydrogen) atoms. The van der Waals surface area contributed by atoms with Crippen LogP contribution < -0.4 is 0 Å². The first-order valence-electron chi connectivity index (χ1n) is 3.58. The molecule has 1 aliphatic carbocycles. The lowest BCUT2D eigenvalue weighted by Crippen LogP contribution is -2.09. The number of hydrogen-bond acceptors (Lipinski definition) is 0. The first-order valence-corrected chi connectivity index (χ1v) is 8.15. The second-order valence-electron chi connectivity index (χ2n) is 2.78. The topological polar surface area (TPSA) is 0 Å². The van der Waals surface area contributed by atoms with Crippen LogP contribution in [-0.2, 0) is 0 Å². The molecule has 0 saturated heterocycles. The van der Waals surface area contributed by atoms with Crippen molar-refractivity contribution < 1.29 is 0 Å². The lowest BCUT2D eigenvalue weighted by molar-refractivity contribution is 0.513. The highest BCUT2D eigenvalue weighted by molar-refractivity contribution is 8.33. The van der Waals surface area contributed by atoms with Gasteiger partial charge in [-0.1, -0.05) is 6.42 Å². The van der Waals surface area contributed by atoms with Crippen LogP contribution in [0.2, 0.25) is 0 Å². The molecule has 0 bridgehead atoms. The summed E-state index contributed by atoms with van der Waals surface area (Å²) in [6.07, 6.45) is 6.08. The van der Waals surface area contributed by atoms with Crippen molar-refractivity contribution in [1.82, 2.24) is 0 Å². The molecule has 0 atom stereocenters. The first-order chi connectivity index (χ1) is 4.61. The smallest absolute Gasteiger partial charge is 0.0530 e. The third-order valence-corrected chi connectivity index (χ3v) is 5.82. The van der Waals surface area contributed by atoms with E-state index in [4.69, 9.17) is 33.7 Å². The summed E-state index contributed by atoms with van der Waals surface area (Å²) in [5, 5.41) is -2.07. The van der Waals surface area contributed by atoms with Crippen molar-refractivity contribution in [2.24, 2.45) is 0 Å². The summed E-state index contributed by atoms with van der Waals surface area (Å²) in [6.45, 7) is 0. The highest BCUT2D eigenvalue weighted by Gasteiger charge is 2.43. The molecule has 1 fully saturated rings. The van der Waals surface area contributed by atoms with E-state index < -0.39 is 5.32 Å². The summed E-state index contributed by atoms with van der Waals surface area (Å²) in [5.74, 6) is 0. The van der Waals surface area contributed by atoms with Crippen LogP contribution in [0.25, 0.3) is 0 Å². The number of halogens is 3. The lowest BCUT2D eigenvalue weighted by Gasteiger charge is -2.19. The third kappa shape index (κ3) is 2.74. The van der Waals surface area contributed by atoms with E-state index in [0.29, 0.717) is 5.66 Å². The molecule has 0 aromatic heterocycles. The van der Waals surface area contributed by atoms with Gasteiger partial charge in [0, 0.05) is 0 Å². The highest BCUT2D eigenvalue weighted by Crippen LogP contribution is 2.79. The van der Waals surface area contributed by atoms with Crippen molar-refractivity contribution in [2.75, 3.05) is 0 Å². The molecule has 0 radical (unpaired) electrons. The molecule has 0 aliphatic heterocycles. The van der Waals surface area contributed by atoms with Crippen LogP contribution >= 0.6 is 39.0 Å². The Morgan fingerprint density at radius 2 is 1.40 bits per heavy atom. The van der Waals surface area contributed by atoms with Crippen molar-refractivity contribution >= 4 is 39.0 Å². The van der Waals surface area contributed by atoms with E-state index in [0.717, 1.165) is 12.8 Å². The number of hydrogen-bond donors (Lipinski definition) is 0. The molecule has 1 aliphatic rings. The fourth-order valence-electron chi connectivity index (χ4n) is 1.37. The Bertz CT molecular complexity index is 104. The Labute approximate surface area is 76.9 Å². The molecule has 0 N–H and O–H groups in total. The van der Waals surface area contributed by atoms with Gasteiger partial charge in [-0.15, -0.1) is 0 Å². The van der Waals surface area contributed by atoms with Gasteiger partial charge in [0.1, 0.15) is 39.4 Å². The van der Waals surface area contributed by atoms with E-state index in [2.05, 4.69) is 0 Å². The van der Waals surface area contributed by atoms with Crippen LogP contribution in [0.15, 0.2) is 0 Å². The second-order valence-corrected chi connectivity index (χ2v) is 10.8. The summed E-state index contributed by atoms with van der Waals surface area (Å²) in [4.78, 5) is 0. The zero-order valence-corrected chi connectivity index (χ0v) is 8.86. The Morgan fingerprint density at radius 3 is 1.70 bits per heavy atom. The monoisotopic (exact) mass is 219 g/mol. The van der Waals surface area contributed by atoms with Gasteiger partial charge in [0.05, 0.1) is 0 Å². The van der Waals surface area contributed by atoms with Crippen molar-refractivity contribution in [3.8, 4) is 0 Å². The lowest BCUT2D eigenvalue weighted by atomic mass is 10.0. The molecular weight excluding hydrogens is 209 g/mol. The molecular formula is C6H11Cl3P+. The zero-order valence-electron chi connectivity index (χ0n) is 5.69. The molecule has 0 aromatic rings. The van der Waals surface area contributed by atoms with Gasteiger partial charge in [0.25, 0.3) is 0 Å². The van der Waals surface area contributed by atoms with Gasteiger partial charge in [-0.05, 0) is 25.7 Å². The molecule has 0 heterocycles. The fourth-order valence-corrected chi connectivity index (χ4v) is 4.08. The average Bonchev–Trinajstić information content (AvgIpc) is 1.88. The maximum absolute atomic E-state index is 5.85. The van der Waals surface area contributed by atoms with Crippen LogP contribution in [0.3, 0.4) is 0 Å². The minimum Gasteiger partial charge on any atom is -0.0530 e. The average molecular weight is 220 g/mol. The maximum Gasteiger partial charge on any atom is 0.310 e. The van der Waals surface area contributed by atoms with Gasteiger partial charge in [-0.25, -0.2) is 0 Å². The predicted octanol–water partition coefficient (Wildman–Crippen LogP) is 4.80. The standard InChI is InChI=1S/C6H11Cl3P/c7-10(8,9)6-4-2-1-3-5-6/h6H,1-5H2/q+1. The van der Waals surface area contributed by atoms with E-state index in [1.54, 1.807) is 0 Å². The third-order valence-electron chi connectivity index (χ3n) is 1.99. The maximum atomic E-state index is 5.85. The van der Waals surface area contributed by atoms with E-state index in [1.165, 1.54) is 19.3 Å². The molecule has 0 spiro atoms. The number of rotatable bonds is 1. The quantitative estimate of drug-likeness (QED) is 0.557. The van der Waals surface area contributed by atoms with Crippen LogP contribution in [-0.4, -0.2) is 5.66 Å². The second kappa shape index (κ2) is 3.81.